The van der Waals surface area contributed by atoms with E-state index in [2.05, 4.69) is 15.9 Å². The smallest absolute Gasteiger partial charge is 0.194 e. The van der Waals surface area contributed by atoms with Crippen LogP contribution in [-0.4, -0.2) is 7.11 Å². The fourth-order valence-electron chi connectivity index (χ4n) is 1.96. The maximum Gasteiger partial charge on any atom is 0.194 e. The van der Waals surface area contributed by atoms with Gasteiger partial charge in [0.2, 0.25) is 0 Å². The van der Waals surface area contributed by atoms with E-state index in [9.17, 15) is 13.2 Å². The van der Waals surface area contributed by atoms with Crippen molar-refractivity contribution < 1.29 is 17.9 Å². The van der Waals surface area contributed by atoms with Crippen molar-refractivity contribution in [2.75, 3.05) is 7.11 Å². The van der Waals surface area contributed by atoms with Gasteiger partial charge in [0.05, 0.1) is 7.11 Å². The zero-order valence-corrected chi connectivity index (χ0v) is 12.3. The summed E-state index contributed by atoms with van der Waals surface area (Å²) in [5, 5.41) is 0. The number of halogens is 4. The van der Waals surface area contributed by atoms with Crippen LogP contribution in [0.2, 0.25) is 0 Å². The number of ether oxygens (including phenoxy) is 1. The van der Waals surface area contributed by atoms with Gasteiger partial charge < -0.3 is 4.74 Å². The largest absolute Gasteiger partial charge is 0.496 e. The Morgan fingerprint density at radius 3 is 2.45 bits per heavy atom. The molecule has 5 heteroatoms. The number of hydrogen-bond donors (Lipinski definition) is 0. The molecule has 0 aliphatic carbocycles. The molecule has 0 saturated carbocycles. The molecule has 0 aromatic heterocycles. The molecular formula is C15H12BrF3O. The Morgan fingerprint density at radius 2 is 1.75 bits per heavy atom. The minimum atomic E-state index is -1.45. The number of para-hydroxylation sites is 1. The average Bonchev–Trinajstić information content (AvgIpc) is 2.45. The van der Waals surface area contributed by atoms with E-state index in [-0.39, 0.29) is 5.56 Å². The van der Waals surface area contributed by atoms with Crippen molar-refractivity contribution in [3.63, 3.8) is 0 Å². The van der Waals surface area contributed by atoms with Gasteiger partial charge in [-0.05, 0) is 24.1 Å². The molecule has 2 aromatic carbocycles. The van der Waals surface area contributed by atoms with E-state index in [0.29, 0.717) is 12.2 Å². The van der Waals surface area contributed by atoms with Crippen molar-refractivity contribution in [1.82, 2.24) is 0 Å². The van der Waals surface area contributed by atoms with Crippen LogP contribution >= 0.6 is 15.9 Å². The molecule has 0 radical (unpaired) electrons. The van der Waals surface area contributed by atoms with Crippen LogP contribution in [0.25, 0.3) is 0 Å². The Bertz CT molecular complexity index is 616. The predicted octanol–water partition coefficient (Wildman–Crippen LogP) is 4.79. The molecule has 0 fully saturated rings. The van der Waals surface area contributed by atoms with Crippen LogP contribution in [0.15, 0.2) is 36.4 Å². The Kier molecular flexibility index (Phi) is 4.70. The minimum Gasteiger partial charge on any atom is -0.496 e. The quantitative estimate of drug-likeness (QED) is 0.572. The second-order valence-corrected chi connectivity index (χ2v) is 5.35. The Labute approximate surface area is 123 Å². The zero-order valence-electron chi connectivity index (χ0n) is 10.7. The molecule has 1 nitrogen and oxygen atoms in total. The summed E-state index contributed by atoms with van der Waals surface area (Å²) < 4.78 is 45.1. The van der Waals surface area contributed by atoms with Crippen LogP contribution in [-0.2, 0) is 6.42 Å². The maximum absolute atomic E-state index is 13.7. The molecule has 0 bridgehead atoms. The lowest BCUT2D eigenvalue weighted by Gasteiger charge is -2.14. The predicted molar refractivity (Wildman–Crippen MR) is 74.7 cm³/mol. The summed E-state index contributed by atoms with van der Waals surface area (Å²) in [5.41, 5.74) is 0.927. The van der Waals surface area contributed by atoms with Crippen molar-refractivity contribution in [2.24, 2.45) is 0 Å². The summed E-state index contributed by atoms with van der Waals surface area (Å²) in [6.45, 7) is 0. The van der Waals surface area contributed by atoms with Crippen molar-refractivity contribution in [2.45, 2.75) is 11.2 Å². The minimum absolute atomic E-state index is 0.0785. The monoisotopic (exact) mass is 344 g/mol. The number of hydrogen-bond acceptors (Lipinski definition) is 1. The number of benzene rings is 2. The molecule has 2 aromatic rings. The highest BCUT2D eigenvalue weighted by molar-refractivity contribution is 9.09. The van der Waals surface area contributed by atoms with E-state index < -0.39 is 22.3 Å². The summed E-state index contributed by atoms with van der Waals surface area (Å²) in [7, 11) is 1.54. The van der Waals surface area contributed by atoms with Crippen LogP contribution in [0.4, 0.5) is 13.2 Å². The first-order valence-corrected chi connectivity index (χ1v) is 6.85. The van der Waals surface area contributed by atoms with Crippen LogP contribution in [0.5, 0.6) is 5.75 Å². The molecule has 1 atom stereocenters. The van der Waals surface area contributed by atoms with Crippen LogP contribution < -0.4 is 4.74 Å². The Balaban J connectivity index is 2.29. The molecule has 1 unspecified atom stereocenters. The van der Waals surface area contributed by atoms with Gasteiger partial charge in [-0.25, -0.2) is 13.2 Å². The zero-order chi connectivity index (χ0) is 14.7. The van der Waals surface area contributed by atoms with Crippen molar-refractivity contribution >= 4 is 15.9 Å². The van der Waals surface area contributed by atoms with Crippen molar-refractivity contribution in [3.8, 4) is 5.75 Å². The third kappa shape index (κ3) is 2.98. The summed E-state index contributed by atoms with van der Waals surface area (Å²) in [5.74, 6) is -3.14. The SMILES string of the molecule is COc1ccccc1CC(Br)c1ccc(F)c(F)c1F. The van der Waals surface area contributed by atoms with Gasteiger partial charge in [0, 0.05) is 10.4 Å². The normalized spacial score (nSPS) is 12.2. The molecule has 0 saturated heterocycles. The van der Waals surface area contributed by atoms with Gasteiger partial charge in [-0.1, -0.05) is 40.2 Å². The highest BCUT2D eigenvalue weighted by Crippen LogP contribution is 2.33. The molecule has 0 heterocycles. The lowest BCUT2D eigenvalue weighted by molar-refractivity contribution is 0.409. The topological polar surface area (TPSA) is 9.23 Å². The fourth-order valence-corrected chi connectivity index (χ4v) is 2.66. The third-order valence-corrected chi connectivity index (χ3v) is 3.81. The van der Waals surface area contributed by atoms with E-state index in [1.165, 1.54) is 6.07 Å². The highest BCUT2D eigenvalue weighted by Gasteiger charge is 2.20. The number of methoxy groups -OCH3 is 1. The first kappa shape index (κ1) is 14.9. The van der Waals surface area contributed by atoms with E-state index >= 15 is 0 Å². The number of alkyl halides is 1. The standard InChI is InChI=1S/C15H12BrF3O/c1-20-13-5-3-2-4-9(13)8-11(16)10-6-7-12(17)15(19)14(10)18/h2-7,11H,8H2,1H3. The van der Waals surface area contributed by atoms with E-state index in [0.717, 1.165) is 11.6 Å². The third-order valence-electron chi connectivity index (χ3n) is 2.99. The van der Waals surface area contributed by atoms with Gasteiger partial charge >= 0.3 is 0 Å². The van der Waals surface area contributed by atoms with Crippen molar-refractivity contribution in [3.05, 3.63) is 65.0 Å². The summed E-state index contributed by atoms with van der Waals surface area (Å²) >= 11 is 3.31. The van der Waals surface area contributed by atoms with E-state index in [1.807, 2.05) is 18.2 Å². The molecule has 0 aliphatic rings. The van der Waals surface area contributed by atoms with Gasteiger partial charge in [0.25, 0.3) is 0 Å². The van der Waals surface area contributed by atoms with Crippen LogP contribution in [0, 0.1) is 17.5 Å². The molecule has 0 spiro atoms. The van der Waals surface area contributed by atoms with Crippen LogP contribution in [0.1, 0.15) is 16.0 Å². The first-order valence-electron chi connectivity index (χ1n) is 5.94. The molecule has 20 heavy (non-hydrogen) atoms. The van der Waals surface area contributed by atoms with E-state index in [4.69, 9.17) is 4.74 Å². The molecule has 2 rings (SSSR count). The van der Waals surface area contributed by atoms with E-state index in [1.54, 1.807) is 13.2 Å². The fraction of sp³-hybridized carbons (Fsp3) is 0.200. The van der Waals surface area contributed by atoms with Crippen LogP contribution in [0.3, 0.4) is 0 Å². The summed E-state index contributed by atoms with van der Waals surface area (Å²) in [6, 6.07) is 9.44. The van der Waals surface area contributed by atoms with Crippen molar-refractivity contribution in [1.29, 1.82) is 0 Å². The summed E-state index contributed by atoms with van der Waals surface area (Å²) in [6.07, 6.45) is 0.395. The number of rotatable bonds is 4. The lowest BCUT2D eigenvalue weighted by Crippen LogP contribution is -2.03. The maximum atomic E-state index is 13.7. The molecule has 0 N–H and O–H groups in total. The summed E-state index contributed by atoms with van der Waals surface area (Å²) in [4.78, 5) is -0.478. The Morgan fingerprint density at radius 1 is 1.05 bits per heavy atom. The van der Waals surface area contributed by atoms with Gasteiger partial charge in [-0.2, -0.15) is 0 Å². The van der Waals surface area contributed by atoms with Gasteiger partial charge in [-0.3, -0.25) is 0 Å². The second kappa shape index (κ2) is 6.31. The lowest BCUT2D eigenvalue weighted by atomic mass is 10.0. The van der Waals surface area contributed by atoms with Gasteiger partial charge in [-0.15, -0.1) is 0 Å². The first-order chi connectivity index (χ1) is 9.54. The van der Waals surface area contributed by atoms with Gasteiger partial charge in [0.1, 0.15) is 5.75 Å². The second-order valence-electron chi connectivity index (χ2n) is 4.25. The molecule has 106 valence electrons. The van der Waals surface area contributed by atoms with Gasteiger partial charge in [0.15, 0.2) is 17.5 Å². The highest BCUT2D eigenvalue weighted by atomic mass is 79.9. The molecule has 0 aliphatic heterocycles. The average molecular weight is 345 g/mol. The molecular weight excluding hydrogens is 333 g/mol. The Hall–Kier alpha value is -1.49. The molecule has 0 amide bonds.